The SMILES string of the molecule is O=C(Nc1ccc(Nc2ccccc2)cc1)c1ccc(CN2CCCC2=O)cc1. The van der Waals surface area contributed by atoms with Crippen molar-refractivity contribution in [3.05, 3.63) is 90.0 Å². The van der Waals surface area contributed by atoms with Crippen molar-refractivity contribution in [1.82, 2.24) is 4.90 Å². The van der Waals surface area contributed by atoms with E-state index in [-0.39, 0.29) is 11.8 Å². The minimum atomic E-state index is -0.155. The largest absolute Gasteiger partial charge is 0.356 e. The van der Waals surface area contributed by atoms with E-state index in [1.807, 2.05) is 71.6 Å². The highest BCUT2D eigenvalue weighted by Crippen LogP contribution is 2.19. The summed E-state index contributed by atoms with van der Waals surface area (Å²) in [6.07, 6.45) is 1.57. The molecular weight excluding hydrogens is 362 g/mol. The lowest BCUT2D eigenvalue weighted by molar-refractivity contribution is -0.128. The van der Waals surface area contributed by atoms with Crippen LogP contribution in [0, 0.1) is 0 Å². The van der Waals surface area contributed by atoms with Gasteiger partial charge in [0.1, 0.15) is 0 Å². The molecular formula is C24H23N3O2. The second kappa shape index (κ2) is 8.61. The molecule has 146 valence electrons. The van der Waals surface area contributed by atoms with Gasteiger partial charge in [-0.3, -0.25) is 9.59 Å². The van der Waals surface area contributed by atoms with Gasteiger partial charge in [0.2, 0.25) is 5.91 Å². The van der Waals surface area contributed by atoms with Gasteiger partial charge in [-0.15, -0.1) is 0 Å². The van der Waals surface area contributed by atoms with Crippen LogP contribution in [0.4, 0.5) is 17.1 Å². The molecule has 5 heteroatoms. The zero-order valence-corrected chi connectivity index (χ0v) is 16.1. The first-order valence-electron chi connectivity index (χ1n) is 9.77. The van der Waals surface area contributed by atoms with Crippen LogP contribution in [0.1, 0.15) is 28.8 Å². The Hall–Kier alpha value is -3.60. The molecule has 0 unspecified atom stereocenters. The molecule has 0 atom stereocenters. The molecule has 0 saturated carbocycles. The summed E-state index contributed by atoms with van der Waals surface area (Å²) in [4.78, 5) is 26.1. The number of carbonyl (C=O) groups excluding carboxylic acids is 2. The van der Waals surface area contributed by atoms with Crippen LogP contribution in [0.3, 0.4) is 0 Å². The third-order valence-electron chi connectivity index (χ3n) is 4.97. The van der Waals surface area contributed by atoms with Gasteiger partial charge in [0.05, 0.1) is 0 Å². The number of amides is 2. The first kappa shape index (κ1) is 18.7. The maximum Gasteiger partial charge on any atom is 0.255 e. The third kappa shape index (κ3) is 4.82. The van der Waals surface area contributed by atoms with Crippen LogP contribution < -0.4 is 10.6 Å². The molecule has 1 fully saturated rings. The second-order valence-corrected chi connectivity index (χ2v) is 7.14. The minimum absolute atomic E-state index is 0.155. The van der Waals surface area contributed by atoms with E-state index >= 15 is 0 Å². The fraction of sp³-hybridized carbons (Fsp3) is 0.167. The van der Waals surface area contributed by atoms with Gasteiger partial charge in [-0.1, -0.05) is 30.3 Å². The van der Waals surface area contributed by atoms with E-state index in [0.717, 1.165) is 35.6 Å². The fourth-order valence-corrected chi connectivity index (χ4v) is 3.38. The molecule has 4 rings (SSSR count). The maximum absolute atomic E-state index is 12.5. The van der Waals surface area contributed by atoms with Crippen molar-refractivity contribution in [3.63, 3.8) is 0 Å². The number of para-hydroxylation sites is 1. The van der Waals surface area contributed by atoms with Gasteiger partial charge < -0.3 is 15.5 Å². The fourth-order valence-electron chi connectivity index (χ4n) is 3.38. The Morgan fingerprint density at radius 2 is 1.48 bits per heavy atom. The lowest BCUT2D eigenvalue weighted by atomic mass is 10.1. The summed E-state index contributed by atoms with van der Waals surface area (Å²) in [5.74, 6) is 0.0505. The first-order valence-corrected chi connectivity index (χ1v) is 9.77. The van der Waals surface area contributed by atoms with E-state index in [1.54, 1.807) is 12.1 Å². The molecule has 2 N–H and O–H groups in total. The molecule has 0 aromatic heterocycles. The Bertz CT molecular complexity index is 983. The van der Waals surface area contributed by atoms with Crippen molar-refractivity contribution in [2.75, 3.05) is 17.2 Å². The van der Waals surface area contributed by atoms with Gasteiger partial charge in [-0.2, -0.15) is 0 Å². The highest BCUT2D eigenvalue weighted by atomic mass is 16.2. The second-order valence-electron chi connectivity index (χ2n) is 7.14. The summed E-state index contributed by atoms with van der Waals surface area (Å²) in [6, 6.07) is 25.0. The summed E-state index contributed by atoms with van der Waals surface area (Å²) in [5, 5.41) is 6.23. The molecule has 1 heterocycles. The van der Waals surface area contributed by atoms with Crippen molar-refractivity contribution >= 4 is 28.9 Å². The first-order chi connectivity index (χ1) is 14.2. The van der Waals surface area contributed by atoms with Gasteiger partial charge in [0.25, 0.3) is 5.91 Å². The van der Waals surface area contributed by atoms with E-state index in [2.05, 4.69) is 10.6 Å². The van der Waals surface area contributed by atoms with E-state index in [1.165, 1.54) is 0 Å². The van der Waals surface area contributed by atoms with E-state index in [4.69, 9.17) is 0 Å². The Labute approximate surface area is 170 Å². The molecule has 29 heavy (non-hydrogen) atoms. The quantitative estimate of drug-likeness (QED) is 0.640. The smallest absolute Gasteiger partial charge is 0.255 e. The van der Waals surface area contributed by atoms with Crippen molar-refractivity contribution in [2.24, 2.45) is 0 Å². The molecule has 0 aliphatic carbocycles. The van der Waals surface area contributed by atoms with Gasteiger partial charge in [-0.25, -0.2) is 0 Å². The maximum atomic E-state index is 12.5. The molecule has 5 nitrogen and oxygen atoms in total. The molecule has 2 amide bonds. The number of benzene rings is 3. The summed E-state index contributed by atoms with van der Waals surface area (Å²) in [7, 11) is 0. The molecule has 3 aromatic carbocycles. The van der Waals surface area contributed by atoms with Crippen LogP contribution in [-0.2, 0) is 11.3 Å². The lowest BCUT2D eigenvalue weighted by Gasteiger charge is -2.15. The summed E-state index contributed by atoms with van der Waals surface area (Å²) in [5.41, 5.74) is 4.33. The Morgan fingerprint density at radius 1 is 0.828 bits per heavy atom. The topological polar surface area (TPSA) is 61.4 Å². The van der Waals surface area contributed by atoms with E-state index < -0.39 is 0 Å². The molecule has 0 bridgehead atoms. The molecule has 3 aromatic rings. The van der Waals surface area contributed by atoms with Gasteiger partial charge >= 0.3 is 0 Å². The summed E-state index contributed by atoms with van der Waals surface area (Å²) >= 11 is 0. The molecule has 1 saturated heterocycles. The molecule has 0 spiro atoms. The predicted molar refractivity (Wildman–Crippen MR) is 115 cm³/mol. The normalized spacial score (nSPS) is 13.4. The average Bonchev–Trinajstić information content (AvgIpc) is 3.15. The number of likely N-dealkylation sites (tertiary alicyclic amines) is 1. The van der Waals surface area contributed by atoms with E-state index in [9.17, 15) is 9.59 Å². The number of hydrogen-bond acceptors (Lipinski definition) is 3. The number of nitrogens with one attached hydrogen (secondary N) is 2. The number of hydrogen-bond donors (Lipinski definition) is 2. The molecule has 0 radical (unpaired) electrons. The molecule has 1 aliphatic rings. The Kier molecular flexibility index (Phi) is 5.56. The monoisotopic (exact) mass is 385 g/mol. The average molecular weight is 385 g/mol. The van der Waals surface area contributed by atoms with Crippen molar-refractivity contribution in [2.45, 2.75) is 19.4 Å². The van der Waals surface area contributed by atoms with Crippen LogP contribution in [0.2, 0.25) is 0 Å². The minimum Gasteiger partial charge on any atom is -0.356 e. The Balaban J connectivity index is 1.34. The zero-order valence-electron chi connectivity index (χ0n) is 16.1. The Morgan fingerprint density at radius 3 is 2.14 bits per heavy atom. The van der Waals surface area contributed by atoms with Crippen molar-refractivity contribution < 1.29 is 9.59 Å². The highest BCUT2D eigenvalue weighted by Gasteiger charge is 2.20. The van der Waals surface area contributed by atoms with Crippen molar-refractivity contribution in [1.29, 1.82) is 0 Å². The van der Waals surface area contributed by atoms with Gasteiger partial charge in [0, 0.05) is 42.1 Å². The van der Waals surface area contributed by atoms with Crippen LogP contribution >= 0.6 is 0 Å². The number of anilines is 3. The van der Waals surface area contributed by atoms with Gasteiger partial charge in [0.15, 0.2) is 0 Å². The zero-order chi connectivity index (χ0) is 20.1. The number of carbonyl (C=O) groups is 2. The highest BCUT2D eigenvalue weighted by molar-refractivity contribution is 6.04. The lowest BCUT2D eigenvalue weighted by Crippen LogP contribution is -2.23. The number of nitrogens with zero attached hydrogens (tertiary/aromatic N) is 1. The van der Waals surface area contributed by atoms with Crippen LogP contribution in [0.5, 0.6) is 0 Å². The van der Waals surface area contributed by atoms with Gasteiger partial charge in [-0.05, 0) is 60.5 Å². The standard InChI is InChI=1S/C24H23N3O2/c28-23-7-4-16-27(23)17-18-8-10-19(11-9-18)24(29)26-22-14-12-21(13-15-22)25-20-5-2-1-3-6-20/h1-3,5-6,8-15,25H,4,7,16-17H2,(H,26,29). The summed E-state index contributed by atoms with van der Waals surface area (Å²) in [6.45, 7) is 1.42. The molecule has 1 aliphatic heterocycles. The van der Waals surface area contributed by atoms with Crippen LogP contribution in [-0.4, -0.2) is 23.3 Å². The van der Waals surface area contributed by atoms with Crippen LogP contribution in [0.15, 0.2) is 78.9 Å². The van der Waals surface area contributed by atoms with E-state index in [0.29, 0.717) is 18.5 Å². The van der Waals surface area contributed by atoms with Crippen molar-refractivity contribution in [3.8, 4) is 0 Å². The number of rotatable bonds is 6. The third-order valence-corrected chi connectivity index (χ3v) is 4.97. The predicted octanol–water partition coefficient (Wildman–Crippen LogP) is 4.80. The summed E-state index contributed by atoms with van der Waals surface area (Å²) < 4.78 is 0. The van der Waals surface area contributed by atoms with Crippen LogP contribution in [0.25, 0.3) is 0 Å².